The van der Waals surface area contributed by atoms with Gasteiger partial charge in [0.15, 0.2) is 0 Å². The molecule has 4 rings (SSSR count). The zero-order valence-electron chi connectivity index (χ0n) is 10.3. The second-order valence-electron chi connectivity index (χ2n) is 4.63. The van der Waals surface area contributed by atoms with Crippen molar-refractivity contribution in [2.75, 3.05) is 0 Å². The molecule has 0 fully saturated rings. The molecule has 0 amide bonds. The van der Waals surface area contributed by atoms with Gasteiger partial charge in [-0.2, -0.15) is 0 Å². The number of aromatic nitrogens is 2. The molecule has 2 heterocycles. The van der Waals surface area contributed by atoms with Crippen molar-refractivity contribution in [3.8, 4) is 11.3 Å². The minimum absolute atomic E-state index is 1.01. The smallest absolute Gasteiger partial charge is 0.0965 e. The van der Waals surface area contributed by atoms with Crippen LogP contribution in [0.1, 0.15) is 0 Å². The third kappa shape index (κ3) is 1.61. The van der Waals surface area contributed by atoms with E-state index in [9.17, 15) is 0 Å². The van der Waals surface area contributed by atoms with Crippen molar-refractivity contribution in [1.82, 2.24) is 9.97 Å². The van der Waals surface area contributed by atoms with Crippen LogP contribution in [0.25, 0.3) is 33.2 Å². The summed E-state index contributed by atoms with van der Waals surface area (Å²) in [6, 6.07) is 22.7. The first-order valence-electron chi connectivity index (χ1n) is 6.35. The number of nitrogens with one attached hydrogen (secondary N) is 1. The fourth-order valence-electron chi connectivity index (χ4n) is 2.48. The van der Waals surface area contributed by atoms with Crippen LogP contribution >= 0.6 is 0 Å². The zero-order valence-corrected chi connectivity index (χ0v) is 10.3. The van der Waals surface area contributed by atoms with Crippen LogP contribution in [0.2, 0.25) is 0 Å². The summed E-state index contributed by atoms with van der Waals surface area (Å²) in [6.07, 6.45) is 0. The molecule has 4 aromatic rings. The molecule has 2 heteroatoms. The first kappa shape index (κ1) is 10.3. The van der Waals surface area contributed by atoms with Gasteiger partial charge in [0.2, 0.25) is 0 Å². The summed E-state index contributed by atoms with van der Waals surface area (Å²) in [5, 5.41) is 1.18. The number of pyridine rings is 1. The van der Waals surface area contributed by atoms with Crippen molar-refractivity contribution in [3.05, 3.63) is 66.7 Å². The number of rotatable bonds is 1. The Balaban J connectivity index is 2.03. The summed E-state index contributed by atoms with van der Waals surface area (Å²) in [4.78, 5) is 8.20. The van der Waals surface area contributed by atoms with Crippen molar-refractivity contribution in [3.63, 3.8) is 0 Å². The molecule has 0 atom stereocenters. The minimum Gasteiger partial charge on any atom is -0.353 e. The standard InChI is InChI=1S/C17H12N2/c1-2-6-12(7-3-1)14-10-11-16-17(19-14)13-8-4-5-9-15(13)18-16/h1-11,18H. The molecule has 0 unspecified atom stereocenters. The van der Waals surface area contributed by atoms with Gasteiger partial charge in [-0.15, -0.1) is 0 Å². The van der Waals surface area contributed by atoms with Gasteiger partial charge in [-0.3, -0.25) is 0 Å². The molecule has 2 aromatic heterocycles. The van der Waals surface area contributed by atoms with E-state index in [1.54, 1.807) is 0 Å². The van der Waals surface area contributed by atoms with Crippen molar-refractivity contribution < 1.29 is 0 Å². The van der Waals surface area contributed by atoms with E-state index in [-0.39, 0.29) is 0 Å². The van der Waals surface area contributed by atoms with Crippen molar-refractivity contribution in [1.29, 1.82) is 0 Å². The molecule has 1 N–H and O–H groups in total. The third-order valence-electron chi connectivity index (χ3n) is 3.42. The minimum atomic E-state index is 1.01. The SMILES string of the molecule is c1ccc(-c2ccc3[nH]c4ccccc4c3n2)cc1. The lowest BCUT2D eigenvalue weighted by molar-refractivity contribution is 1.40. The number of para-hydroxylation sites is 1. The third-order valence-corrected chi connectivity index (χ3v) is 3.42. The monoisotopic (exact) mass is 244 g/mol. The van der Waals surface area contributed by atoms with Gasteiger partial charge in [-0.05, 0) is 18.2 Å². The van der Waals surface area contributed by atoms with E-state index in [0.29, 0.717) is 0 Å². The van der Waals surface area contributed by atoms with Gasteiger partial charge in [0.1, 0.15) is 0 Å². The van der Waals surface area contributed by atoms with Crippen LogP contribution in [0.5, 0.6) is 0 Å². The number of fused-ring (bicyclic) bond motifs is 3. The number of benzene rings is 2. The van der Waals surface area contributed by atoms with Crippen LogP contribution in [-0.2, 0) is 0 Å². The van der Waals surface area contributed by atoms with Crippen LogP contribution in [0.15, 0.2) is 66.7 Å². The molecular formula is C17H12N2. The Kier molecular flexibility index (Phi) is 2.15. The first-order chi connectivity index (χ1) is 9.42. The van der Waals surface area contributed by atoms with Gasteiger partial charge in [-0.1, -0.05) is 48.5 Å². The lowest BCUT2D eigenvalue weighted by atomic mass is 10.1. The van der Waals surface area contributed by atoms with E-state index in [1.165, 1.54) is 5.39 Å². The second kappa shape index (κ2) is 3.95. The molecule has 0 radical (unpaired) electrons. The van der Waals surface area contributed by atoms with Gasteiger partial charge >= 0.3 is 0 Å². The predicted octanol–water partition coefficient (Wildman–Crippen LogP) is 4.38. The summed E-state index contributed by atoms with van der Waals surface area (Å²) in [7, 11) is 0. The summed E-state index contributed by atoms with van der Waals surface area (Å²) in [5.41, 5.74) is 5.42. The summed E-state index contributed by atoms with van der Waals surface area (Å²) in [5.74, 6) is 0. The number of aromatic amines is 1. The number of hydrogen-bond donors (Lipinski definition) is 1. The normalized spacial score (nSPS) is 11.2. The maximum absolute atomic E-state index is 4.80. The Morgan fingerprint density at radius 1 is 0.684 bits per heavy atom. The molecule has 0 aliphatic heterocycles. The molecule has 0 aliphatic rings. The Morgan fingerprint density at radius 2 is 1.47 bits per heavy atom. The van der Waals surface area contributed by atoms with Crippen LogP contribution < -0.4 is 0 Å². The largest absolute Gasteiger partial charge is 0.353 e. The average Bonchev–Trinajstić information content (AvgIpc) is 2.86. The van der Waals surface area contributed by atoms with Crippen molar-refractivity contribution >= 4 is 21.9 Å². The lowest BCUT2D eigenvalue weighted by Crippen LogP contribution is -1.83. The highest BCUT2D eigenvalue weighted by Crippen LogP contribution is 2.26. The van der Waals surface area contributed by atoms with Gasteiger partial charge in [-0.25, -0.2) is 4.98 Å². The van der Waals surface area contributed by atoms with E-state index in [2.05, 4.69) is 41.4 Å². The Labute approximate surface area is 110 Å². The van der Waals surface area contributed by atoms with Crippen molar-refractivity contribution in [2.45, 2.75) is 0 Å². The molecule has 2 aromatic carbocycles. The molecule has 0 aliphatic carbocycles. The Hall–Kier alpha value is -2.61. The quantitative estimate of drug-likeness (QED) is 0.528. The lowest BCUT2D eigenvalue weighted by Gasteiger charge is -2.00. The van der Waals surface area contributed by atoms with Crippen LogP contribution in [0.3, 0.4) is 0 Å². The molecular weight excluding hydrogens is 232 g/mol. The highest BCUT2D eigenvalue weighted by atomic mass is 14.8. The molecule has 0 saturated carbocycles. The second-order valence-corrected chi connectivity index (χ2v) is 4.63. The van der Waals surface area contributed by atoms with E-state index in [1.807, 2.05) is 30.3 Å². The molecule has 90 valence electrons. The van der Waals surface area contributed by atoms with E-state index in [4.69, 9.17) is 4.98 Å². The highest BCUT2D eigenvalue weighted by molar-refractivity contribution is 6.05. The Morgan fingerprint density at radius 3 is 2.37 bits per heavy atom. The van der Waals surface area contributed by atoms with Gasteiger partial charge in [0.05, 0.1) is 16.7 Å². The average molecular weight is 244 g/mol. The zero-order chi connectivity index (χ0) is 12.7. The van der Waals surface area contributed by atoms with E-state index < -0.39 is 0 Å². The molecule has 19 heavy (non-hydrogen) atoms. The first-order valence-corrected chi connectivity index (χ1v) is 6.35. The molecule has 2 nitrogen and oxygen atoms in total. The van der Waals surface area contributed by atoms with Gasteiger partial charge < -0.3 is 4.98 Å². The van der Waals surface area contributed by atoms with E-state index >= 15 is 0 Å². The number of hydrogen-bond acceptors (Lipinski definition) is 1. The maximum Gasteiger partial charge on any atom is 0.0965 e. The fourth-order valence-corrected chi connectivity index (χ4v) is 2.48. The molecule has 0 bridgehead atoms. The van der Waals surface area contributed by atoms with Gasteiger partial charge in [0.25, 0.3) is 0 Å². The summed E-state index contributed by atoms with van der Waals surface area (Å²) < 4.78 is 0. The van der Waals surface area contributed by atoms with Crippen LogP contribution in [-0.4, -0.2) is 9.97 Å². The van der Waals surface area contributed by atoms with Gasteiger partial charge in [0, 0.05) is 16.5 Å². The molecule has 0 saturated heterocycles. The number of nitrogens with zero attached hydrogens (tertiary/aromatic N) is 1. The summed E-state index contributed by atoms with van der Waals surface area (Å²) in [6.45, 7) is 0. The molecule has 0 spiro atoms. The summed E-state index contributed by atoms with van der Waals surface area (Å²) >= 11 is 0. The maximum atomic E-state index is 4.80. The highest BCUT2D eigenvalue weighted by Gasteiger charge is 2.06. The number of H-pyrrole nitrogens is 1. The van der Waals surface area contributed by atoms with E-state index in [0.717, 1.165) is 27.8 Å². The van der Waals surface area contributed by atoms with Crippen molar-refractivity contribution in [2.24, 2.45) is 0 Å². The fraction of sp³-hybridized carbons (Fsp3) is 0. The topological polar surface area (TPSA) is 28.7 Å². The van der Waals surface area contributed by atoms with Crippen LogP contribution in [0.4, 0.5) is 0 Å². The van der Waals surface area contributed by atoms with Crippen LogP contribution in [0, 0.1) is 0 Å². The predicted molar refractivity (Wildman–Crippen MR) is 79.0 cm³/mol. The Bertz CT molecular complexity index is 860.